The molecule has 3 N–H and O–H groups in total. The molecule has 0 saturated heterocycles. The maximum Gasteiger partial charge on any atom is 0.0431 e. The number of hydrogen-bond acceptors (Lipinski definition) is 2. The van der Waals surface area contributed by atoms with Crippen LogP contribution in [0.4, 0.5) is 0 Å². The van der Waals surface area contributed by atoms with Crippen LogP contribution >= 0.6 is 12.4 Å². The zero-order valence-electron chi connectivity index (χ0n) is 10.9. The van der Waals surface area contributed by atoms with Crippen LogP contribution in [-0.4, -0.2) is 11.7 Å². The second kappa shape index (κ2) is 7.00. The summed E-state index contributed by atoms with van der Waals surface area (Å²) in [5.74, 6) is 0. The molecule has 0 unspecified atom stereocenters. The first kappa shape index (κ1) is 16.4. The van der Waals surface area contributed by atoms with E-state index in [1.807, 2.05) is 0 Å². The van der Waals surface area contributed by atoms with E-state index in [0.717, 1.165) is 18.4 Å². The maximum atomic E-state index is 8.76. The second-order valence-corrected chi connectivity index (χ2v) is 5.34. The van der Waals surface area contributed by atoms with E-state index in [9.17, 15) is 0 Å². The Morgan fingerprint density at radius 2 is 1.71 bits per heavy atom. The Morgan fingerprint density at radius 3 is 2.12 bits per heavy atom. The molecule has 0 heterocycles. The van der Waals surface area contributed by atoms with Crippen LogP contribution in [0.1, 0.15) is 50.8 Å². The van der Waals surface area contributed by atoms with Crippen molar-refractivity contribution >= 4 is 12.4 Å². The SMILES string of the molecule is CC(C)(C)c1ccc([C@H](N)CCCO)cc1.Cl. The Balaban J connectivity index is 0.00000256. The lowest BCUT2D eigenvalue weighted by molar-refractivity contribution is 0.280. The molecule has 98 valence electrons. The molecule has 0 radical (unpaired) electrons. The molecule has 1 rings (SSSR count). The molecule has 0 aliphatic rings. The number of aliphatic hydroxyl groups is 1. The molecular weight excluding hydrogens is 234 g/mol. The van der Waals surface area contributed by atoms with E-state index in [1.165, 1.54) is 5.56 Å². The molecule has 2 nitrogen and oxygen atoms in total. The van der Waals surface area contributed by atoms with Gasteiger partial charge in [-0.15, -0.1) is 12.4 Å². The third-order valence-electron chi connectivity index (χ3n) is 2.88. The average Bonchev–Trinajstić information content (AvgIpc) is 2.25. The smallest absolute Gasteiger partial charge is 0.0431 e. The van der Waals surface area contributed by atoms with Crippen LogP contribution in [0, 0.1) is 0 Å². The highest BCUT2D eigenvalue weighted by Gasteiger charge is 2.13. The molecule has 1 atom stereocenters. The topological polar surface area (TPSA) is 46.2 Å². The number of hydrogen-bond donors (Lipinski definition) is 2. The van der Waals surface area contributed by atoms with Crippen LogP contribution in [0.5, 0.6) is 0 Å². The molecule has 1 aromatic rings. The van der Waals surface area contributed by atoms with Gasteiger partial charge in [0.25, 0.3) is 0 Å². The fourth-order valence-electron chi connectivity index (χ4n) is 1.71. The van der Waals surface area contributed by atoms with Crippen LogP contribution in [0.25, 0.3) is 0 Å². The first-order chi connectivity index (χ1) is 7.45. The van der Waals surface area contributed by atoms with Gasteiger partial charge in [-0.25, -0.2) is 0 Å². The van der Waals surface area contributed by atoms with Gasteiger partial charge >= 0.3 is 0 Å². The van der Waals surface area contributed by atoms with Gasteiger partial charge < -0.3 is 10.8 Å². The summed E-state index contributed by atoms with van der Waals surface area (Å²) in [6.45, 7) is 6.82. The predicted octanol–water partition coefficient (Wildman–Crippen LogP) is 3.18. The van der Waals surface area contributed by atoms with Crippen molar-refractivity contribution in [2.75, 3.05) is 6.61 Å². The van der Waals surface area contributed by atoms with Crippen molar-refractivity contribution in [1.29, 1.82) is 0 Å². The molecule has 0 fully saturated rings. The highest BCUT2D eigenvalue weighted by Crippen LogP contribution is 2.24. The van der Waals surface area contributed by atoms with E-state index in [1.54, 1.807) is 0 Å². The molecule has 0 saturated carbocycles. The first-order valence-electron chi connectivity index (χ1n) is 5.92. The fraction of sp³-hybridized carbons (Fsp3) is 0.571. The highest BCUT2D eigenvalue weighted by atomic mass is 35.5. The lowest BCUT2D eigenvalue weighted by atomic mass is 9.86. The highest BCUT2D eigenvalue weighted by molar-refractivity contribution is 5.85. The molecular formula is C14H24ClNO. The number of nitrogens with two attached hydrogens (primary N) is 1. The van der Waals surface area contributed by atoms with Crippen molar-refractivity contribution in [2.45, 2.75) is 45.1 Å². The summed E-state index contributed by atoms with van der Waals surface area (Å²) in [6, 6.07) is 8.54. The van der Waals surface area contributed by atoms with Gasteiger partial charge in [-0.1, -0.05) is 45.0 Å². The molecule has 0 bridgehead atoms. The third kappa shape index (κ3) is 5.07. The standard InChI is InChI=1S/C14H23NO.ClH/c1-14(2,3)12-8-6-11(7-9-12)13(15)5-4-10-16;/h6-9,13,16H,4-5,10,15H2,1-3H3;1H/t13-;/m1./s1. The van der Waals surface area contributed by atoms with Gasteiger partial charge in [0.05, 0.1) is 0 Å². The summed E-state index contributed by atoms with van der Waals surface area (Å²) in [6.07, 6.45) is 1.60. The van der Waals surface area contributed by atoms with Gasteiger partial charge in [0, 0.05) is 12.6 Å². The molecule has 0 aliphatic heterocycles. The van der Waals surface area contributed by atoms with Gasteiger partial charge in [-0.05, 0) is 29.4 Å². The quantitative estimate of drug-likeness (QED) is 0.870. The molecule has 0 aliphatic carbocycles. The minimum Gasteiger partial charge on any atom is -0.396 e. The van der Waals surface area contributed by atoms with Gasteiger partial charge in [-0.2, -0.15) is 0 Å². The van der Waals surface area contributed by atoms with Crippen molar-refractivity contribution in [3.8, 4) is 0 Å². The Kier molecular flexibility index (Phi) is 6.76. The molecule has 0 spiro atoms. The number of benzene rings is 1. The molecule has 17 heavy (non-hydrogen) atoms. The average molecular weight is 258 g/mol. The van der Waals surface area contributed by atoms with E-state index < -0.39 is 0 Å². The van der Waals surface area contributed by atoms with Gasteiger partial charge in [-0.3, -0.25) is 0 Å². The van der Waals surface area contributed by atoms with E-state index in [4.69, 9.17) is 10.8 Å². The third-order valence-corrected chi connectivity index (χ3v) is 2.88. The largest absolute Gasteiger partial charge is 0.396 e. The Morgan fingerprint density at radius 1 is 1.18 bits per heavy atom. The monoisotopic (exact) mass is 257 g/mol. The van der Waals surface area contributed by atoms with Crippen LogP contribution in [-0.2, 0) is 5.41 Å². The van der Waals surface area contributed by atoms with Crippen molar-refractivity contribution in [1.82, 2.24) is 0 Å². The van der Waals surface area contributed by atoms with Crippen LogP contribution in [0.15, 0.2) is 24.3 Å². The Hall–Kier alpha value is -0.570. The first-order valence-corrected chi connectivity index (χ1v) is 5.92. The van der Waals surface area contributed by atoms with Crippen LogP contribution in [0.2, 0.25) is 0 Å². The molecule has 0 amide bonds. The summed E-state index contributed by atoms with van der Waals surface area (Å²) in [5, 5.41) is 8.76. The summed E-state index contributed by atoms with van der Waals surface area (Å²) < 4.78 is 0. The molecule has 0 aromatic heterocycles. The predicted molar refractivity (Wildman–Crippen MR) is 75.6 cm³/mol. The lowest BCUT2D eigenvalue weighted by Gasteiger charge is -2.20. The Bertz CT molecular complexity index is 316. The zero-order chi connectivity index (χ0) is 12.2. The maximum absolute atomic E-state index is 8.76. The lowest BCUT2D eigenvalue weighted by Crippen LogP contribution is -2.13. The number of rotatable bonds is 4. The van der Waals surface area contributed by atoms with E-state index in [2.05, 4.69) is 45.0 Å². The molecule has 1 aromatic carbocycles. The number of aliphatic hydroxyl groups excluding tert-OH is 1. The van der Waals surface area contributed by atoms with Gasteiger partial charge in [0.15, 0.2) is 0 Å². The minimum atomic E-state index is 0. The van der Waals surface area contributed by atoms with Crippen molar-refractivity contribution in [2.24, 2.45) is 5.73 Å². The second-order valence-electron chi connectivity index (χ2n) is 5.34. The summed E-state index contributed by atoms with van der Waals surface area (Å²) >= 11 is 0. The summed E-state index contributed by atoms with van der Waals surface area (Å²) in [5.41, 5.74) is 8.70. The van der Waals surface area contributed by atoms with E-state index in [-0.39, 0.29) is 30.5 Å². The van der Waals surface area contributed by atoms with E-state index in [0.29, 0.717) is 0 Å². The van der Waals surface area contributed by atoms with Gasteiger partial charge in [0.1, 0.15) is 0 Å². The van der Waals surface area contributed by atoms with Crippen LogP contribution in [0.3, 0.4) is 0 Å². The van der Waals surface area contributed by atoms with Crippen molar-refractivity contribution < 1.29 is 5.11 Å². The minimum absolute atomic E-state index is 0. The van der Waals surface area contributed by atoms with Gasteiger partial charge in [0.2, 0.25) is 0 Å². The Labute approximate surface area is 111 Å². The van der Waals surface area contributed by atoms with Crippen molar-refractivity contribution in [3.05, 3.63) is 35.4 Å². The van der Waals surface area contributed by atoms with E-state index >= 15 is 0 Å². The normalized spacial score (nSPS) is 13.0. The summed E-state index contributed by atoms with van der Waals surface area (Å²) in [4.78, 5) is 0. The number of halogens is 1. The molecule has 3 heteroatoms. The summed E-state index contributed by atoms with van der Waals surface area (Å²) in [7, 11) is 0. The fourth-order valence-corrected chi connectivity index (χ4v) is 1.71. The van der Waals surface area contributed by atoms with Crippen molar-refractivity contribution in [3.63, 3.8) is 0 Å². The van der Waals surface area contributed by atoms with Crippen LogP contribution < -0.4 is 5.73 Å². The zero-order valence-corrected chi connectivity index (χ0v) is 11.8.